The zero-order valence-electron chi connectivity index (χ0n) is 15.1. The first-order valence-electron chi connectivity index (χ1n) is 8.78. The number of thioether (sulfide) groups is 1. The molecule has 0 fully saturated rings. The highest BCUT2D eigenvalue weighted by atomic mass is 35.5. The maximum absolute atomic E-state index is 12.2. The van der Waals surface area contributed by atoms with Gasteiger partial charge in [0.1, 0.15) is 0 Å². The van der Waals surface area contributed by atoms with Gasteiger partial charge in [0.25, 0.3) is 0 Å². The van der Waals surface area contributed by atoms with Gasteiger partial charge in [-0.25, -0.2) is 0 Å². The quantitative estimate of drug-likeness (QED) is 0.681. The molecule has 7 nitrogen and oxygen atoms in total. The highest BCUT2D eigenvalue weighted by Gasteiger charge is 2.29. The van der Waals surface area contributed by atoms with E-state index in [2.05, 4.69) is 20.8 Å². The molecular weight excluding hydrogens is 388 g/mol. The number of rotatable bonds is 7. The molecule has 2 heterocycles. The van der Waals surface area contributed by atoms with Crippen LogP contribution in [0.3, 0.4) is 0 Å². The fraction of sp³-hybridized carbons (Fsp3) is 0.444. The molecule has 3 rings (SSSR count). The summed E-state index contributed by atoms with van der Waals surface area (Å²) >= 11 is 7.32. The van der Waals surface area contributed by atoms with Crippen LogP contribution in [0.5, 0.6) is 0 Å². The molecule has 1 aromatic heterocycles. The van der Waals surface area contributed by atoms with Crippen LogP contribution < -0.4 is 10.6 Å². The lowest BCUT2D eigenvalue weighted by Gasteiger charge is -2.23. The molecule has 1 aromatic carbocycles. The van der Waals surface area contributed by atoms with Crippen LogP contribution in [0, 0.1) is 0 Å². The van der Waals surface area contributed by atoms with Crippen molar-refractivity contribution in [2.45, 2.75) is 49.2 Å². The molecule has 1 atom stereocenters. The summed E-state index contributed by atoms with van der Waals surface area (Å²) in [6, 6.07) is 5.33. The molecule has 0 saturated heterocycles. The number of amides is 2. The maximum Gasteiger partial charge on any atom is 0.238 e. The Morgan fingerprint density at radius 2 is 2.26 bits per heavy atom. The van der Waals surface area contributed by atoms with Gasteiger partial charge in [0, 0.05) is 35.2 Å². The SMILES string of the molecule is CC(C)c1noc(CCCNC(=O)CC2Sc3ccc(Cl)cc3NC2=O)n1. The lowest BCUT2D eigenvalue weighted by molar-refractivity contribution is -0.124. The maximum atomic E-state index is 12.2. The second-order valence-corrected chi connectivity index (χ2v) is 8.28. The van der Waals surface area contributed by atoms with E-state index >= 15 is 0 Å². The minimum absolute atomic E-state index is 0.122. The Labute approximate surface area is 166 Å². The van der Waals surface area contributed by atoms with Crippen LogP contribution in [0.25, 0.3) is 0 Å². The zero-order valence-corrected chi connectivity index (χ0v) is 16.7. The number of nitrogens with one attached hydrogen (secondary N) is 2. The molecular formula is C18H21ClN4O3S. The number of halogens is 1. The van der Waals surface area contributed by atoms with Crippen LogP contribution in [-0.4, -0.2) is 33.7 Å². The van der Waals surface area contributed by atoms with E-state index in [0.717, 1.165) is 4.90 Å². The minimum atomic E-state index is -0.455. The van der Waals surface area contributed by atoms with Crippen LogP contribution in [0.1, 0.15) is 44.3 Å². The van der Waals surface area contributed by atoms with Gasteiger partial charge in [0.05, 0.1) is 10.9 Å². The van der Waals surface area contributed by atoms with E-state index in [-0.39, 0.29) is 24.2 Å². The highest BCUT2D eigenvalue weighted by molar-refractivity contribution is 8.01. The molecule has 27 heavy (non-hydrogen) atoms. The molecule has 1 aliphatic heterocycles. The van der Waals surface area contributed by atoms with E-state index in [1.165, 1.54) is 11.8 Å². The van der Waals surface area contributed by atoms with Crippen LogP contribution in [0.15, 0.2) is 27.6 Å². The molecule has 0 aliphatic carbocycles. The third-order valence-electron chi connectivity index (χ3n) is 4.02. The molecule has 144 valence electrons. The van der Waals surface area contributed by atoms with Crippen molar-refractivity contribution in [2.24, 2.45) is 0 Å². The lowest BCUT2D eigenvalue weighted by atomic mass is 10.2. The van der Waals surface area contributed by atoms with Crippen molar-refractivity contribution in [3.63, 3.8) is 0 Å². The third kappa shape index (κ3) is 5.23. The Bertz CT molecular complexity index is 840. The van der Waals surface area contributed by atoms with E-state index in [4.69, 9.17) is 16.1 Å². The van der Waals surface area contributed by atoms with Gasteiger partial charge >= 0.3 is 0 Å². The van der Waals surface area contributed by atoms with Gasteiger partial charge in [-0.3, -0.25) is 9.59 Å². The number of aryl methyl sites for hydroxylation is 1. The van der Waals surface area contributed by atoms with Crippen molar-refractivity contribution in [3.8, 4) is 0 Å². The summed E-state index contributed by atoms with van der Waals surface area (Å²) in [7, 11) is 0. The van der Waals surface area contributed by atoms with Gasteiger partial charge in [-0.15, -0.1) is 11.8 Å². The summed E-state index contributed by atoms with van der Waals surface area (Å²) in [5, 5.41) is 9.66. The van der Waals surface area contributed by atoms with Crippen molar-refractivity contribution in [1.29, 1.82) is 0 Å². The summed E-state index contributed by atoms with van der Waals surface area (Å²) < 4.78 is 5.17. The topological polar surface area (TPSA) is 97.1 Å². The predicted octanol–water partition coefficient (Wildman–Crippen LogP) is 3.40. The van der Waals surface area contributed by atoms with Crippen molar-refractivity contribution in [2.75, 3.05) is 11.9 Å². The van der Waals surface area contributed by atoms with Gasteiger partial charge in [-0.2, -0.15) is 4.98 Å². The number of anilines is 1. The van der Waals surface area contributed by atoms with Crippen LogP contribution in [0.2, 0.25) is 5.02 Å². The number of benzene rings is 1. The lowest BCUT2D eigenvalue weighted by Crippen LogP contribution is -2.35. The molecule has 0 bridgehead atoms. The van der Waals surface area contributed by atoms with E-state index < -0.39 is 5.25 Å². The van der Waals surface area contributed by atoms with Crippen molar-refractivity contribution >= 4 is 40.9 Å². The summed E-state index contributed by atoms with van der Waals surface area (Å²) in [6.07, 6.45) is 1.42. The van der Waals surface area contributed by atoms with Crippen molar-refractivity contribution in [1.82, 2.24) is 15.5 Å². The average Bonchev–Trinajstić information content (AvgIpc) is 3.09. The largest absolute Gasteiger partial charge is 0.356 e. The zero-order chi connectivity index (χ0) is 19.4. The standard InChI is InChI=1S/C18H21ClN4O3S/c1-10(2)17-22-16(26-23-17)4-3-7-20-15(24)9-14-18(25)21-12-8-11(19)5-6-13(12)27-14/h5-6,8,10,14H,3-4,7,9H2,1-2H3,(H,20,24)(H,21,25). The molecule has 2 aromatic rings. The summed E-state index contributed by atoms with van der Waals surface area (Å²) in [5.74, 6) is 1.15. The van der Waals surface area contributed by atoms with E-state index in [9.17, 15) is 9.59 Å². The van der Waals surface area contributed by atoms with E-state index in [0.29, 0.717) is 41.8 Å². The smallest absolute Gasteiger partial charge is 0.238 e. The van der Waals surface area contributed by atoms with Gasteiger partial charge in [-0.05, 0) is 24.6 Å². The van der Waals surface area contributed by atoms with Gasteiger partial charge < -0.3 is 15.2 Å². The number of carbonyl (C=O) groups is 2. The molecule has 0 spiro atoms. The van der Waals surface area contributed by atoms with E-state index in [1.807, 2.05) is 19.9 Å². The Balaban J connectivity index is 1.42. The molecule has 9 heteroatoms. The Morgan fingerprint density at radius 3 is 3.00 bits per heavy atom. The number of hydrogen-bond donors (Lipinski definition) is 2. The van der Waals surface area contributed by atoms with E-state index in [1.54, 1.807) is 12.1 Å². The number of nitrogens with zero attached hydrogens (tertiary/aromatic N) is 2. The van der Waals surface area contributed by atoms with Gasteiger partial charge in [0.15, 0.2) is 5.82 Å². The summed E-state index contributed by atoms with van der Waals surface area (Å²) in [6.45, 7) is 4.49. The first-order chi connectivity index (χ1) is 12.9. The number of fused-ring (bicyclic) bond motifs is 1. The molecule has 1 unspecified atom stereocenters. The fourth-order valence-corrected chi connectivity index (χ4v) is 3.83. The monoisotopic (exact) mass is 408 g/mol. The van der Waals surface area contributed by atoms with Crippen molar-refractivity contribution < 1.29 is 14.1 Å². The van der Waals surface area contributed by atoms with Crippen LogP contribution in [0.4, 0.5) is 5.69 Å². The average molecular weight is 409 g/mol. The fourth-order valence-electron chi connectivity index (χ4n) is 2.57. The first-order valence-corrected chi connectivity index (χ1v) is 10.0. The molecule has 0 radical (unpaired) electrons. The summed E-state index contributed by atoms with van der Waals surface area (Å²) in [5.41, 5.74) is 0.689. The number of hydrogen-bond acceptors (Lipinski definition) is 6. The molecule has 1 aliphatic rings. The van der Waals surface area contributed by atoms with Gasteiger partial charge in [-0.1, -0.05) is 30.6 Å². The second-order valence-electron chi connectivity index (χ2n) is 6.59. The Morgan fingerprint density at radius 1 is 1.44 bits per heavy atom. The van der Waals surface area contributed by atoms with Crippen LogP contribution in [-0.2, 0) is 16.0 Å². The minimum Gasteiger partial charge on any atom is -0.356 e. The first kappa shape index (κ1) is 19.7. The molecule has 2 amide bonds. The second kappa shape index (κ2) is 8.75. The highest BCUT2D eigenvalue weighted by Crippen LogP contribution is 2.38. The number of aromatic nitrogens is 2. The van der Waals surface area contributed by atoms with Crippen LogP contribution >= 0.6 is 23.4 Å². The molecule has 0 saturated carbocycles. The Kier molecular flexibility index (Phi) is 6.38. The van der Waals surface area contributed by atoms with Crippen molar-refractivity contribution in [3.05, 3.63) is 34.9 Å². The Hall–Kier alpha value is -2.06. The normalized spacial score (nSPS) is 16.1. The summed E-state index contributed by atoms with van der Waals surface area (Å²) in [4.78, 5) is 29.6. The predicted molar refractivity (Wildman–Crippen MR) is 104 cm³/mol. The van der Waals surface area contributed by atoms with Gasteiger partial charge in [0.2, 0.25) is 17.7 Å². The number of carbonyl (C=O) groups excluding carboxylic acids is 2. The molecule has 2 N–H and O–H groups in total. The third-order valence-corrected chi connectivity index (χ3v) is 5.53.